The molecule has 1 unspecified atom stereocenters. The number of benzene rings is 1. The molecule has 3 N–H and O–H groups in total. The van der Waals surface area contributed by atoms with Crippen molar-refractivity contribution in [3.63, 3.8) is 0 Å². The van der Waals surface area contributed by atoms with E-state index >= 15 is 0 Å². The molecule has 25 heavy (non-hydrogen) atoms. The quantitative estimate of drug-likeness (QED) is 0.518. The molecule has 0 aliphatic carbocycles. The van der Waals surface area contributed by atoms with Crippen LogP contribution in [-0.2, 0) is 14.4 Å². The summed E-state index contributed by atoms with van der Waals surface area (Å²) in [5, 5.41) is 21.0. The lowest BCUT2D eigenvalue weighted by Gasteiger charge is -2.32. The van der Waals surface area contributed by atoms with Gasteiger partial charge in [-0.2, -0.15) is 0 Å². The fourth-order valence-electron chi connectivity index (χ4n) is 2.33. The summed E-state index contributed by atoms with van der Waals surface area (Å²) in [6.07, 6.45) is 1.53. The van der Waals surface area contributed by atoms with Gasteiger partial charge in [0.2, 0.25) is 6.29 Å². The van der Waals surface area contributed by atoms with Crippen molar-refractivity contribution in [1.29, 1.82) is 0 Å². The number of likely N-dealkylation sites (N-methyl/N-ethyl adjacent to an activating group) is 1. The molecule has 1 aliphatic heterocycles. The van der Waals surface area contributed by atoms with Gasteiger partial charge < -0.3 is 20.4 Å². The van der Waals surface area contributed by atoms with E-state index in [1.54, 1.807) is 6.92 Å². The average Bonchev–Trinajstić information content (AvgIpc) is 2.58. The Morgan fingerprint density at radius 2 is 1.92 bits per heavy atom. The molecule has 1 aromatic rings. The van der Waals surface area contributed by atoms with Crippen LogP contribution in [0.5, 0.6) is 11.5 Å². The normalized spacial score (nSPS) is 15.9. The Hall–Kier alpha value is -2.81. The van der Waals surface area contributed by atoms with Gasteiger partial charge in [-0.05, 0) is 13.0 Å². The van der Waals surface area contributed by atoms with E-state index in [-0.39, 0.29) is 23.7 Å². The first-order valence-electron chi connectivity index (χ1n) is 7.30. The highest BCUT2D eigenvalue weighted by Gasteiger charge is 2.36. The zero-order chi connectivity index (χ0) is 18.7. The molecule has 0 saturated carbocycles. The van der Waals surface area contributed by atoms with Crippen LogP contribution in [0.15, 0.2) is 12.1 Å². The number of nitrogens with one attached hydrogen (secondary N) is 1. The number of nitrogens with zero attached hydrogens (tertiary/aromatic N) is 2. The van der Waals surface area contributed by atoms with Crippen molar-refractivity contribution >= 4 is 35.7 Å². The summed E-state index contributed by atoms with van der Waals surface area (Å²) >= 11 is 5.89. The van der Waals surface area contributed by atoms with Crippen LogP contribution in [0.2, 0.25) is 5.02 Å². The first kappa shape index (κ1) is 18.5. The number of imide groups is 1. The Labute approximate surface area is 147 Å². The van der Waals surface area contributed by atoms with Crippen molar-refractivity contribution in [2.24, 2.45) is 0 Å². The van der Waals surface area contributed by atoms with Crippen LogP contribution in [0.4, 0.5) is 4.79 Å². The third kappa shape index (κ3) is 3.66. The molecule has 1 saturated heterocycles. The number of hydrogen-bond donors (Lipinski definition) is 3. The number of halogens is 1. The number of carbonyl (C=O) groups is 3. The number of carbonyl (C=O) groups excluding carboxylic acids is 4. The molecule has 0 bridgehead atoms. The van der Waals surface area contributed by atoms with Crippen LogP contribution in [-0.4, -0.2) is 63.8 Å². The fraction of sp³-hybridized carbons (Fsp3) is 0.333. The van der Waals surface area contributed by atoms with E-state index in [1.807, 2.05) is 0 Å². The van der Waals surface area contributed by atoms with E-state index < -0.39 is 35.4 Å². The number of phenols is 2. The highest BCUT2D eigenvalue weighted by atomic mass is 35.5. The molecule has 9 nitrogen and oxygen atoms in total. The largest absolute Gasteiger partial charge is 0.504 e. The molecular formula is C15H15ClN3O6. The van der Waals surface area contributed by atoms with Gasteiger partial charge >= 0.3 is 17.8 Å². The summed E-state index contributed by atoms with van der Waals surface area (Å²) in [5.74, 6) is -2.86. The monoisotopic (exact) mass is 368 g/mol. The second-order valence-corrected chi connectivity index (χ2v) is 5.61. The summed E-state index contributed by atoms with van der Waals surface area (Å²) < 4.78 is 0. The molecule has 10 heteroatoms. The Kier molecular flexibility index (Phi) is 5.48. The van der Waals surface area contributed by atoms with E-state index in [9.17, 15) is 29.4 Å². The Bertz CT molecular complexity index is 738. The standard InChI is InChI=1S/C15H15ClN3O6/c1-2-18-3-4-19(14(24)13(18)23)15(25)17-10(7-20)8-5-11(21)12(22)6-9(8)16/h5-6,10,21-22H,2-4H2,1H3,(H,17,25). The number of rotatable bonds is 4. The van der Waals surface area contributed by atoms with Crippen molar-refractivity contribution in [3.05, 3.63) is 22.7 Å². The lowest BCUT2D eigenvalue weighted by atomic mass is 10.1. The minimum atomic E-state index is -1.40. The molecular weight excluding hydrogens is 354 g/mol. The van der Waals surface area contributed by atoms with Gasteiger partial charge in [0.15, 0.2) is 11.5 Å². The van der Waals surface area contributed by atoms with E-state index in [4.69, 9.17) is 11.6 Å². The molecule has 1 aliphatic rings. The lowest BCUT2D eigenvalue weighted by Crippen LogP contribution is -2.58. The van der Waals surface area contributed by atoms with E-state index in [1.165, 1.54) is 11.2 Å². The number of phenolic OH excluding ortho intramolecular Hbond substituents is 2. The molecule has 4 amide bonds. The number of aromatic hydroxyl groups is 2. The highest BCUT2D eigenvalue weighted by molar-refractivity contribution is 6.38. The first-order valence-corrected chi connectivity index (χ1v) is 7.68. The van der Waals surface area contributed by atoms with Crippen LogP contribution in [0.1, 0.15) is 18.5 Å². The van der Waals surface area contributed by atoms with Crippen LogP contribution in [0.3, 0.4) is 0 Å². The molecule has 1 heterocycles. The van der Waals surface area contributed by atoms with Gasteiger partial charge in [-0.25, -0.2) is 4.79 Å². The summed E-state index contributed by atoms with van der Waals surface area (Å²) in [6.45, 7) is 2.21. The van der Waals surface area contributed by atoms with Gasteiger partial charge in [0, 0.05) is 31.3 Å². The smallest absolute Gasteiger partial charge is 0.325 e. The SMILES string of the molecule is CCN1CCN(C(=O)NC([C]=O)c2cc(O)c(O)cc2Cl)C(=O)C1=O. The van der Waals surface area contributed by atoms with Crippen LogP contribution >= 0.6 is 11.6 Å². The molecule has 133 valence electrons. The molecule has 0 spiro atoms. The third-order valence-corrected chi connectivity index (χ3v) is 4.05. The predicted molar refractivity (Wildman–Crippen MR) is 85.7 cm³/mol. The molecule has 1 aromatic carbocycles. The van der Waals surface area contributed by atoms with E-state index in [0.717, 1.165) is 12.1 Å². The maximum absolute atomic E-state index is 12.2. The van der Waals surface area contributed by atoms with Crippen molar-refractivity contribution in [2.45, 2.75) is 13.0 Å². The summed E-state index contributed by atoms with van der Waals surface area (Å²) in [7, 11) is 0. The summed E-state index contributed by atoms with van der Waals surface area (Å²) in [5.41, 5.74) is -0.0220. The van der Waals surface area contributed by atoms with Gasteiger partial charge in [0.1, 0.15) is 6.04 Å². The number of urea groups is 1. The zero-order valence-corrected chi connectivity index (χ0v) is 13.9. The maximum Gasteiger partial charge on any atom is 0.325 e. The molecule has 2 rings (SSSR count). The highest BCUT2D eigenvalue weighted by Crippen LogP contribution is 2.33. The summed E-state index contributed by atoms with van der Waals surface area (Å²) in [4.78, 5) is 49.2. The number of amides is 4. The van der Waals surface area contributed by atoms with Gasteiger partial charge in [-0.3, -0.25) is 19.3 Å². The fourth-order valence-corrected chi connectivity index (χ4v) is 2.60. The van der Waals surface area contributed by atoms with Gasteiger partial charge in [-0.1, -0.05) is 11.6 Å². The summed E-state index contributed by atoms with van der Waals surface area (Å²) in [6, 6.07) is -0.378. The van der Waals surface area contributed by atoms with Crippen molar-refractivity contribution in [2.75, 3.05) is 19.6 Å². The van der Waals surface area contributed by atoms with Crippen LogP contribution in [0, 0.1) is 0 Å². The van der Waals surface area contributed by atoms with Gasteiger partial charge in [0.25, 0.3) is 0 Å². The molecule has 1 radical (unpaired) electrons. The number of hydrogen-bond acceptors (Lipinski definition) is 6. The zero-order valence-electron chi connectivity index (χ0n) is 13.2. The van der Waals surface area contributed by atoms with Gasteiger partial charge in [0.05, 0.1) is 5.02 Å². The molecule has 1 atom stereocenters. The third-order valence-electron chi connectivity index (χ3n) is 3.73. The van der Waals surface area contributed by atoms with Crippen molar-refractivity contribution in [3.8, 4) is 11.5 Å². The Morgan fingerprint density at radius 1 is 1.28 bits per heavy atom. The second-order valence-electron chi connectivity index (χ2n) is 5.20. The maximum atomic E-state index is 12.2. The Balaban J connectivity index is 2.18. The topological polar surface area (TPSA) is 127 Å². The predicted octanol–water partition coefficient (Wildman–Crippen LogP) is 0.302. The minimum Gasteiger partial charge on any atom is -0.504 e. The van der Waals surface area contributed by atoms with Gasteiger partial charge in [-0.15, -0.1) is 0 Å². The Morgan fingerprint density at radius 3 is 2.52 bits per heavy atom. The number of piperazine rings is 1. The van der Waals surface area contributed by atoms with Crippen molar-refractivity contribution in [1.82, 2.24) is 15.1 Å². The second kappa shape index (κ2) is 7.39. The minimum absolute atomic E-state index is 0.0220. The van der Waals surface area contributed by atoms with Crippen LogP contribution in [0.25, 0.3) is 0 Å². The first-order chi connectivity index (χ1) is 11.8. The lowest BCUT2D eigenvalue weighted by molar-refractivity contribution is -0.153. The van der Waals surface area contributed by atoms with Crippen molar-refractivity contribution < 1.29 is 29.4 Å². The van der Waals surface area contributed by atoms with E-state index in [2.05, 4.69) is 5.32 Å². The van der Waals surface area contributed by atoms with Crippen LogP contribution < -0.4 is 5.32 Å². The average molecular weight is 369 g/mol. The van der Waals surface area contributed by atoms with E-state index in [0.29, 0.717) is 11.4 Å². The molecule has 0 aromatic heterocycles. The molecule has 1 fully saturated rings.